The molecule has 3 rings (SSSR count). The van der Waals surface area contributed by atoms with Gasteiger partial charge in [0.05, 0.1) is 6.04 Å². The van der Waals surface area contributed by atoms with Gasteiger partial charge in [0.25, 0.3) is 0 Å². The number of ether oxygens (including phenoxy) is 1. The number of phenols is 1. The minimum atomic E-state index is -0.211. The molecule has 3 nitrogen and oxygen atoms in total. The number of hydrogen-bond donors (Lipinski definition) is 2. The first-order chi connectivity index (χ1) is 9.65. The number of fused-ring (bicyclic) bond motifs is 1. The Kier molecular flexibility index (Phi) is 3.32. The Bertz CT molecular complexity index is 630. The Labute approximate surface area is 117 Å². The van der Waals surface area contributed by atoms with Gasteiger partial charge in [0.1, 0.15) is 23.9 Å². The summed E-state index contributed by atoms with van der Waals surface area (Å²) in [7, 11) is 0. The zero-order valence-electron chi connectivity index (χ0n) is 11.1. The van der Waals surface area contributed by atoms with Crippen LogP contribution in [0.15, 0.2) is 42.5 Å². The summed E-state index contributed by atoms with van der Waals surface area (Å²) in [6, 6.07) is 11.7. The maximum absolute atomic E-state index is 13.8. The second-order valence-electron chi connectivity index (χ2n) is 5.00. The van der Waals surface area contributed by atoms with Crippen LogP contribution in [0.2, 0.25) is 0 Å². The third-order valence-electron chi connectivity index (χ3n) is 3.60. The van der Waals surface area contributed by atoms with Crippen LogP contribution in [0.4, 0.5) is 4.39 Å². The molecule has 1 unspecified atom stereocenters. The summed E-state index contributed by atoms with van der Waals surface area (Å²) in [5.74, 6) is 0.659. The maximum Gasteiger partial charge on any atom is 0.127 e. The molecule has 2 N–H and O–H groups in total. The van der Waals surface area contributed by atoms with Gasteiger partial charge in [-0.3, -0.25) is 0 Å². The molecule has 1 aliphatic rings. The highest BCUT2D eigenvalue weighted by molar-refractivity contribution is 5.44. The molecule has 2 atom stereocenters. The van der Waals surface area contributed by atoms with E-state index in [0.29, 0.717) is 17.9 Å². The lowest BCUT2D eigenvalue weighted by molar-refractivity contribution is 0.299. The van der Waals surface area contributed by atoms with E-state index >= 15 is 0 Å². The van der Waals surface area contributed by atoms with Crippen molar-refractivity contribution in [1.29, 1.82) is 0 Å². The number of halogens is 1. The van der Waals surface area contributed by atoms with E-state index in [1.807, 2.05) is 19.1 Å². The predicted molar refractivity (Wildman–Crippen MR) is 74.3 cm³/mol. The van der Waals surface area contributed by atoms with Crippen molar-refractivity contribution in [3.63, 3.8) is 0 Å². The zero-order valence-corrected chi connectivity index (χ0v) is 11.1. The van der Waals surface area contributed by atoms with Gasteiger partial charge >= 0.3 is 0 Å². The van der Waals surface area contributed by atoms with Crippen molar-refractivity contribution in [3.05, 3.63) is 59.4 Å². The van der Waals surface area contributed by atoms with Crippen LogP contribution in [0.5, 0.6) is 11.5 Å². The molecule has 4 heteroatoms. The Hall–Kier alpha value is -2.07. The normalized spacial score (nSPS) is 18.4. The Morgan fingerprint density at radius 3 is 2.90 bits per heavy atom. The SMILES string of the molecule is C[C@@H](NC1COc2cc(O)ccc21)c1ccccc1F. The first kappa shape index (κ1) is 12.9. The van der Waals surface area contributed by atoms with Crippen molar-refractivity contribution in [3.8, 4) is 11.5 Å². The minimum Gasteiger partial charge on any atom is -0.508 e. The molecule has 0 amide bonds. The van der Waals surface area contributed by atoms with Gasteiger partial charge in [-0.2, -0.15) is 0 Å². The molecule has 0 fully saturated rings. The largest absolute Gasteiger partial charge is 0.508 e. The molecule has 104 valence electrons. The number of rotatable bonds is 3. The molecular weight excluding hydrogens is 257 g/mol. The molecule has 2 aromatic carbocycles. The summed E-state index contributed by atoms with van der Waals surface area (Å²) in [6.45, 7) is 2.41. The van der Waals surface area contributed by atoms with E-state index < -0.39 is 0 Å². The van der Waals surface area contributed by atoms with Gasteiger partial charge in [-0.05, 0) is 25.1 Å². The van der Waals surface area contributed by atoms with Crippen molar-refractivity contribution in [1.82, 2.24) is 5.32 Å². The lowest BCUT2D eigenvalue weighted by Gasteiger charge is -2.19. The average molecular weight is 273 g/mol. The number of benzene rings is 2. The Morgan fingerprint density at radius 1 is 1.30 bits per heavy atom. The fraction of sp³-hybridized carbons (Fsp3) is 0.250. The van der Waals surface area contributed by atoms with Gasteiger partial charge in [0.2, 0.25) is 0 Å². The third kappa shape index (κ3) is 2.34. The number of aromatic hydroxyl groups is 1. The molecular formula is C16H16FNO2. The minimum absolute atomic E-state index is 0.000191. The summed E-state index contributed by atoms with van der Waals surface area (Å²) in [5, 5.41) is 12.8. The van der Waals surface area contributed by atoms with Crippen molar-refractivity contribution in [2.45, 2.75) is 19.0 Å². The van der Waals surface area contributed by atoms with Gasteiger partial charge in [-0.15, -0.1) is 0 Å². The molecule has 0 radical (unpaired) electrons. The van der Waals surface area contributed by atoms with E-state index in [2.05, 4.69) is 5.32 Å². The van der Waals surface area contributed by atoms with Crippen LogP contribution >= 0.6 is 0 Å². The highest BCUT2D eigenvalue weighted by Gasteiger charge is 2.26. The van der Waals surface area contributed by atoms with Crippen LogP contribution in [0, 0.1) is 5.82 Å². The highest BCUT2D eigenvalue weighted by Crippen LogP contribution is 2.36. The average Bonchev–Trinajstić information content (AvgIpc) is 2.81. The first-order valence-corrected chi connectivity index (χ1v) is 6.61. The van der Waals surface area contributed by atoms with E-state index in [9.17, 15) is 9.50 Å². The van der Waals surface area contributed by atoms with Crippen LogP contribution in [0.3, 0.4) is 0 Å². The molecule has 20 heavy (non-hydrogen) atoms. The quantitative estimate of drug-likeness (QED) is 0.901. The van der Waals surface area contributed by atoms with Crippen LogP contribution in [-0.2, 0) is 0 Å². The van der Waals surface area contributed by atoms with E-state index in [-0.39, 0.29) is 23.7 Å². The van der Waals surface area contributed by atoms with Gasteiger partial charge in [-0.25, -0.2) is 4.39 Å². The molecule has 0 aliphatic carbocycles. The van der Waals surface area contributed by atoms with E-state index in [4.69, 9.17) is 4.74 Å². The summed E-state index contributed by atoms with van der Waals surface area (Å²) in [6.07, 6.45) is 0. The highest BCUT2D eigenvalue weighted by atomic mass is 19.1. The molecule has 1 heterocycles. The second-order valence-corrected chi connectivity index (χ2v) is 5.00. The number of phenolic OH excluding ortho intramolecular Hbond substituents is 1. The van der Waals surface area contributed by atoms with E-state index in [0.717, 1.165) is 5.56 Å². The summed E-state index contributed by atoms with van der Waals surface area (Å²) >= 11 is 0. The van der Waals surface area contributed by atoms with E-state index in [1.54, 1.807) is 24.3 Å². The predicted octanol–water partition coefficient (Wildman–Crippen LogP) is 3.32. The molecule has 1 aliphatic heterocycles. The molecule has 0 bridgehead atoms. The first-order valence-electron chi connectivity index (χ1n) is 6.61. The van der Waals surface area contributed by atoms with E-state index in [1.165, 1.54) is 6.07 Å². The van der Waals surface area contributed by atoms with Crippen LogP contribution < -0.4 is 10.1 Å². The van der Waals surface area contributed by atoms with Crippen molar-refractivity contribution in [2.75, 3.05) is 6.61 Å². The lowest BCUT2D eigenvalue weighted by Crippen LogP contribution is -2.26. The molecule has 0 aromatic heterocycles. The topological polar surface area (TPSA) is 41.5 Å². The van der Waals surface area contributed by atoms with Crippen molar-refractivity contribution < 1.29 is 14.2 Å². The smallest absolute Gasteiger partial charge is 0.127 e. The maximum atomic E-state index is 13.8. The number of nitrogens with one attached hydrogen (secondary N) is 1. The van der Waals surface area contributed by atoms with Gasteiger partial charge < -0.3 is 15.2 Å². The fourth-order valence-corrected chi connectivity index (χ4v) is 2.55. The molecule has 0 saturated carbocycles. The summed E-state index contributed by atoms with van der Waals surface area (Å²) in [4.78, 5) is 0. The standard InChI is InChI=1S/C16H16FNO2/c1-10(12-4-2-3-5-14(12)17)18-15-9-20-16-8-11(19)6-7-13(15)16/h2-8,10,15,18-19H,9H2,1H3/t10-,15?/m1/s1. The monoisotopic (exact) mass is 273 g/mol. The van der Waals surface area contributed by atoms with Crippen LogP contribution in [-0.4, -0.2) is 11.7 Å². The van der Waals surface area contributed by atoms with Crippen LogP contribution in [0.1, 0.15) is 30.1 Å². The third-order valence-corrected chi connectivity index (χ3v) is 3.60. The summed E-state index contributed by atoms with van der Waals surface area (Å²) in [5.41, 5.74) is 1.63. The molecule has 2 aromatic rings. The Balaban J connectivity index is 1.79. The zero-order chi connectivity index (χ0) is 14.1. The van der Waals surface area contributed by atoms with Gasteiger partial charge in [-0.1, -0.05) is 18.2 Å². The Morgan fingerprint density at radius 2 is 2.10 bits per heavy atom. The fourth-order valence-electron chi connectivity index (χ4n) is 2.55. The van der Waals surface area contributed by atoms with Crippen molar-refractivity contribution >= 4 is 0 Å². The number of hydrogen-bond acceptors (Lipinski definition) is 3. The second kappa shape index (κ2) is 5.13. The summed E-state index contributed by atoms with van der Waals surface area (Å²) < 4.78 is 19.3. The van der Waals surface area contributed by atoms with Crippen molar-refractivity contribution in [2.24, 2.45) is 0 Å². The van der Waals surface area contributed by atoms with Gasteiger partial charge in [0.15, 0.2) is 0 Å². The van der Waals surface area contributed by atoms with Gasteiger partial charge in [0, 0.05) is 23.2 Å². The molecule has 0 saturated heterocycles. The van der Waals surface area contributed by atoms with Crippen LogP contribution in [0.25, 0.3) is 0 Å². The lowest BCUT2D eigenvalue weighted by atomic mass is 10.0. The molecule has 0 spiro atoms.